The van der Waals surface area contributed by atoms with Crippen LogP contribution in [0, 0.1) is 5.41 Å². The second kappa shape index (κ2) is 7.49. The minimum atomic E-state index is -0.855. The fourth-order valence-corrected chi connectivity index (χ4v) is 0.944. The highest BCUT2D eigenvalue weighted by molar-refractivity contribution is 5.74. The predicted octanol–water partition coefficient (Wildman–Crippen LogP) is 1.04. The number of aliphatic carboxylic acids is 1. The molecule has 0 rings (SSSR count). The van der Waals surface area contributed by atoms with Crippen LogP contribution in [0.15, 0.2) is 12.2 Å². The SMILES string of the molecule is CC=CCCC(NCC=N)C(=O)O. The second-order valence-corrected chi connectivity index (χ2v) is 2.65. The Morgan fingerprint density at radius 2 is 2.38 bits per heavy atom. The van der Waals surface area contributed by atoms with Crippen LogP contribution in [-0.2, 0) is 4.79 Å². The molecule has 0 aromatic carbocycles. The Hall–Kier alpha value is -1.16. The molecule has 1 atom stereocenters. The van der Waals surface area contributed by atoms with Crippen LogP contribution < -0.4 is 5.32 Å². The minimum absolute atomic E-state index is 0.312. The van der Waals surface area contributed by atoms with Gasteiger partial charge in [-0.3, -0.25) is 10.1 Å². The van der Waals surface area contributed by atoms with E-state index in [9.17, 15) is 4.79 Å². The maximum atomic E-state index is 10.6. The van der Waals surface area contributed by atoms with E-state index < -0.39 is 12.0 Å². The highest BCUT2D eigenvalue weighted by Gasteiger charge is 2.14. The van der Waals surface area contributed by atoms with E-state index in [4.69, 9.17) is 10.5 Å². The van der Waals surface area contributed by atoms with E-state index in [1.807, 2.05) is 19.1 Å². The summed E-state index contributed by atoms with van der Waals surface area (Å²) in [5, 5.41) is 18.2. The van der Waals surface area contributed by atoms with Crippen molar-refractivity contribution in [3.8, 4) is 0 Å². The zero-order chi connectivity index (χ0) is 10.1. The molecule has 0 heterocycles. The molecule has 1 unspecified atom stereocenters. The first-order valence-electron chi connectivity index (χ1n) is 4.28. The number of allylic oxidation sites excluding steroid dienone is 2. The van der Waals surface area contributed by atoms with Gasteiger partial charge in [0.25, 0.3) is 0 Å². The lowest BCUT2D eigenvalue weighted by atomic mass is 10.1. The summed E-state index contributed by atoms with van der Waals surface area (Å²) in [6.07, 6.45) is 6.30. The minimum Gasteiger partial charge on any atom is -0.480 e. The zero-order valence-electron chi connectivity index (χ0n) is 7.79. The van der Waals surface area contributed by atoms with Crippen molar-refractivity contribution in [3.63, 3.8) is 0 Å². The summed E-state index contributed by atoms with van der Waals surface area (Å²) in [4.78, 5) is 10.6. The van der Waals surface area contributed by atoms with Crippen molar-refractivity contribution in [2.45, 2.75) is 25.8 Å². The fourth-order valence-electron chi connectivity index (χ4n) is 0.944. The van der Waals surface area contributed by atoms with Gasteiger partial charge < -0.3 is 10.5 Å². The number of rotatable bonds is 7. The average molecular weight is 184 g/mol. The molecule has 4 heteroatoms. The van der Waals surface area contributed by atoms with Crippen molar-refractivity contribution in [1.82, 2.24) is 5.32 Å². The normalized spacial score (nSPS) is 13.0. The summed E-state index contributed by atoms with van der Waals surface area (Å²) < 4.78 is 0. The molecule has 0 saturated carbocycles. The van der Waals surface area contributed by atoms with Crippen LogP contribution in [0.3, 0.4) is 0 Å². The van der Waals surface area contributed by atoms with Gasteiger partial charge in [0, 0.05) is 12.8 Å². The quantitative estimate of drug-likeness (QED) is 0.409. The van der Waals surface area contributed by atoms with Crippen LogP contribution in [0.25, 0.3) is 0 Å². The van der Waals surface area contributed by atoms with Gasteiger partial charge in [0.1, 0.15) is 6.04 Å². The summed E-state index contributed by atoms with van der Waals surface area (Å²) in [6, 6.07) is -0.544. The first-order valence-corrected chi connectivity index (χ1v) is 4.28. The maximum Gasteiger partial charge on any atom is 0.320 e. The number of carbonyl (C=O) groups is 1. The van der Waals surface area contributed by atoms with Crippen LogP contribution in [0.2, 0.25) is 0 Å². The van der Waals surface area contributed by atoms with Crippen molar-refractivity contribution in [1.29, 1.82) is 5.41 Å². The number of carboxylic acids is 1. The Kier molecular flexibility index (Phi) is 6.82. The van der Waals surface area contributed by atoms with Crippen LogP contribution in [0.5, 0.6) is 0 Å². The molecule has 0 spiro atoms. The standard InChI is InChI=1S/C9H16N2O2/c1-2-3-4-5-8(9(12)13)11-7-6-10/h2-3,6,8,10-11H,4-5,7H2,1H3,(H,12,13). The van der Waals surface area contributed by atoms with E-state index in [2.05, 4.69) is 5.32 Å². The van der Waals surface area contributed by atoms with Crippen LogP contribution in [-0.4, -0.2) is 29.9 Å². The molecule has 3 N–H and O–H groups in total. The molecule has 0 bridgehead atoms. The smallest absolute Gasteiger partial charge is 0.320 e. The Balaban J connectivity index is 3.79. The molecule has 0 fully saturated rings. The van der Waals surface area contributed by atoms with E-state index in [0.29, 0.717) is 13.0 Å². The molecule has 0 aliphatic heterocycles. The van der Waals surface area contributed by atoms with Gasteiger partial charge in [-0.1, -0.05) is 12.2 Å². The lowest BCUT2D eigenvalue weighted by molar-refractivity contribution is -0.139. The fraction of sp³-hybridized carbons (Fsp3) is 0.556. The van der Waals surface area contributed by atoms with Gasteiger partial charge >= 0.3 is 5.97 Å². The van der Waals surface area contributed by atoms with Gasteiger partial charge in [-0.25, -0.2) is 0 Å². The summed E-state index contributed by atoms with van der Waals surface area (Å²) in [6.45, 7) is 2.22. The van der Waals surface area contributed by atoms with E-state index in [-0.39, 0.29) is 0 Å². The largest absolute Gasteiger partial charge is 0.480 e. The van der Waals surface area contributed by atoms with Crippen LogP contribution >= 0.6 is 0 Å². The Morgan fingerprint density at radius 3 is 2.85 bits per heavy atom. The van der Waals surface area contributed by atoms with Gasteiger partial charge in [-0.2, -0.15) is 0 Å². The van der Waals surface area contributed by atoms with Gasteiger partial charge in [-0.15, -0.1) is 0 Å². The molecule has 0 radical (unpaired) electrons. The second-order valence-electron chi connectivity index (χ2n) is 2.65. The Bertz CT molecular complexity index is 190. The number of hydrogen-bond donors (Lipinski definition) is 3. The highest BCUT2D eigenvalue weighted by Crippen LogP contribution is 1.98. The van der Waals surface area contributed by atoms with E-state index in [1.54, 1.807) is 0 Å². The first kappa shape index (κ1) is 11.8. The summed E-state index contributed by atoms with van der Waals surface area (Å²) in [5.74, 6) is -0.855. The third-order valence-corrected chi connectivity index (χ3v) is 1.62. The third-order valence-electron chi connectivity index (χ3n) is 1.62. The molecule has 4 nitrogen and oxygen atoms in total. The van der Waals surface area contributed by atoms with E-state index in [1.165, 1.54) is 0 Å². The van der Waals surface area contributed by atoms with Crippen LogP contribution in [0.4, 0.5) is 0 Å². The highest BCUT2D eigenvalue weighted by atomic mass is 16.4. The van der Waals surface area contributed by atoms with Crippen molar-refractivity contribution in [2.24, 2.45) is 0 Å². The summed E-state index contributed by atoms with van der Waals surface area (Å²) >= 11 is 0. The summed E-state index contributed by atoms with van der Waals surface area (Å²) in [5.41, 5.74) is 0. The predicted molar refractivity (Wildman–Crippen MR) is 52.3 cm³/mol. The van der Waals surface area contributed by atoms with E-state index in [0.717, 1.165) is 12.6 Å². The Labute approximate surface area is 78.2 Å². The molecule has 0 aromatic rings. The molecule has 0 aromatic heterocycles. The van der Waals surface area contributed by atoms with Gasteiger partial charge in [0.05, 0.1) is 0 Å². The van der Waals surface area contributed by atoms with E-state index >= 15 is 0 Å². The van der Waals surface area contributed by atoms with Crippen molar-refractivity contribution < 1.29 is 9.90 Å². The lowest BCUT2D eigenvalue weighted by Crippen LogP contribution is -2.37. The molecule has 0 aliphatic rings. The van der Waals surface area contributed by atoms with Crippen molar-refractivity contribution >= 4 is 12.2 Å². The number of nitrogens with one attached hydrogen (secondary N) is 2. The van der Waals surface area contributed by atoms with Crippen molar-refractivity contribution in [2.75, 3.05) is 6.54 Å². The zero-order valence-corrected chi connectivity index (χ0v) is 7.79. The molecular weight excluding hydrogens is 168 g/mol. The van der Waals surface area contributed by atoms with Gasteiger partial charge in [0.15, 0.2) is 0 Å². The molecule has 0 saturated heterocycles. The third kappa shape index (κ3) is 6.04. The molecule has 74 valence electrons. The van der Waals surface area contributed by atoms with Gasteiger partial charge in [0.2, 0.25) is 0 Å². The molecule has 13 heavy (non-hydrogen) atoms. The first-order chi connectivity index (χ1) is 6.22. The molecule has 0 amide bonds. The van der Waals surface area contributed by atoms with Gasteiger partial charge in [-0.05, 0) is 19.8 Å². The van der Waals surface area contributed by atoms with Crippen molar-refractivity contribution in [3.05, 3.63) is 12.2 Å². The maximum absolute atomic E-state index is 10.6. The number of hydrogen-bond acceptors (Lipinski definition) is 3. The Morgan fingerprint density at radius 1 is 1.69 bits per heavy atom. The molecular formula is C9H16N2O2. The number of carboxylic acid groups (broad SMARTS) is 1. The monoisotopic (exact) mass is 184 g/mol. The summed E-state index contributed by atoms with van der Waals surface area (Å²) in [7, 11) is 0. The molecule has 0 aliphatic carbocycles. The average Bonchev–Trinajstić information content (AvgIpc) is 2.10. The topological polar surface area (TPSA) is 73.2 Å². The van der Waals surface area contributed by atoms with Crippen LogP contribution in [0.1, 0.15) is 19.8 Å². The lowest BCUT2D eigenvalue weighted by Gasteiger charge is -2.10.